The van der Waals surface area contributed by atoms with Gasteiger partial charge < -0.3 is 9.84 Å². The topological polar surface area (TPSA) is 42.4 Å². The minimum Gasteiger partial charge on any atom is -0.488 e. The normalized spacial score (nSPS) is 18.8. The van der Waals surface area contributed by atoms with Crippen LogP contribution in [0.4, 0.5) is 0 Å². The molecule has 1 aliphatic rings. The SMILES string of the molecule is CCCC(C)(O)C1=C(COc2cccnc2)CCCC1. The molecule has 110 valence electrons. The number of aromatic nitrogens is 1. The average molecular weight is 275 g/mol. The molecular formula is C17H25NO2. The molecule has 0 amide bonds. The highest BCUT2D eigenvalue weighted by Gasteiger charge is 2.29. The number of aliphatic hydroxyl groups is 1. The van der Waals surface area contributed by atoms with E-state index in [2.05, 4.69) is 11.9 Å². The summed E-state index contributed by atoms with van der Waals surface area (Å²) in [6.45, 7) is 4.63. The van der Waals surface area contributed by atoms with Gasteiger partial charge in [-0.15, -0.1) is 0 Å². The Kier molecular flexibility index (Phi) is 5.18. The van der Waals surface area contributed by atoms with Crippen molar-refractivity contribution in [2.24, 2.45) is 0 Å². The van der Waals surface area contributed by atoms with E-state index in [9.17, 15) is 5.11 Å². The zero-order valence-corrected chi connectivity index (χ0v) is 12.6. The van der Waals surface area contributed by atoms with E-state index in [0.29, 0.717) is 6.61 Å². The Balaban J connectivity index is 2.10. The molecule has 1 aromatic heterocycles. The Labute approximate surface area is 121 Å². The summed E-state index contributed by atoms with van der Waals surface area (Å²) in [7, 11) is 0. The first-order valence-electron chi connectivity index (χ1n) is 7.60. The summed E-state index contributed by atoms with van der Waals surface area (Å²) < 4.78 is 5.82. The molecule has 0 radical (unpaired) electrons. The average Bonchev–Trinajstić information content (AvgIpc) is 2.46. The lowest BCUT2D eigenvalue weighted by Crippen LogP contribution is -2.30. The molecule has 0 saturated heterocycles. The van der Waals surface area contributed by atoms with Crippen LogP contribution in [0.25, 0.3) is 0 Å². The van der Waals surface area contributed by atoms with Crippen LogP contribution in [0.15, 0.2) is 35.7 Å². The summed E-state index contributed by atoms with van der Waals surface area (Å²) in [4.78, 5) is 4.06. The first-order valence-corrected chi connectivity index (χ1v) is 7.60. The molecular weight excluding hydrogens is 250 g/mol. The second kappa shape index (κ2) is 6.89. The smallest absolute Gasteiger partial charge is 0.138 e. The number of ether oxygens (including phenoxy) is 1. The third-order valence-electron chi connectivity index (χ3n) is 4.02. The van der Waals surface area contributed by atoms with Crippen LogP contribution in [0, 0.1) is 0 Å². The van der Waals surface area contributed by atoms with Gasteiger partial charge in [-0.3, -0.25) is 4.98 Å². The standard InChI is InChI=1S/C17H25NO2/c1-3-10-17(2,19)16-9-5-4-7-14(16)13-20-15-8-6-11-18-12-15/h6,8,11-12,19H,3-5,7,9-10,13H2,1-2H3. The summed E-state index contributed by atoms with van der Waals surface area (Å²) in [6.07, 6.45) is 9.68. The van der Waals surface area contributed by atoms with Crippen LogP contribution in [0.3, 0.4) is 0 Å². The van der Waals surface area contributed by atoms with Crippen molar-refractivity contribution in [3.05, 3.63) is 35.7 Å². The Hall–Kier alpha value is -1.35. The van der Waals surface area contributed by atoms with Gasteiger partial charge in [0.25, 0.3) is 0 Å². The van der Waals surface area contributed by atoms with E-state index in [-0.39, 0.29) is 0 Å². The van der Waals surface area contributed by atoms with E-state index in [1.165, 1.54) is 24.0 Å². The van der Waals surface area contributed by atoms with Crippen molar-refractivity contribution in [1.82, 2.24) is 4.98 Å². The van der Waals surface area contributed by atoms with E-state index in [0.717, 1.165) is 31.4 Å². The highest BCUT2D eigenvalue weighted by molar-refractivity contribution is 5.27. The second-order valence-corrected chi connectivity index (χ2v) is 5.79. The van der Waals surface area contributed by atoms with Gasteiger partial charge in [0, 0.05) is 6.20 Å². The van der Waals surface area contributed by atoms with E-state index in [4.69, 9.17) is 4.74 Å². The molecule has 20 heavy (non-hydrogen) atoms. The molecule has 3 heteroatoms. The summed E-state index contributed by atoms with van der Waals surface area (Å²) in [5.74, 6) is 0.792. The molecule has 0 fully saturated rings. The minimum atomic E-state index is -0.678. The molecule has 0 saturated carbocycles. The summed E-state index contributed by atoms with van der Waals surface area (Å²) >= 11 is 0. The molecule has 0 spiro atoms. The molecule has 3 nitrogen and oxygen atoms in total. The monoisotopic (exact) mass is 275 g/mol. The van der Waals surface area contributed by atoms with Crippen LogP contribution in [0.5, 0.6) is 5.75 Å². The highest BCUT2D eigenvalue weighted by Crippen LogP contribution is 2.35. The zero-order valence-electron chi connectivity index (χ0n) is 12.6. The lowest BCUT2D eigenvalue weighted by molar-refractivity contribution is 0.0801. The molecule has 2 rings (SSSR count). The van der Waals surface area contributed by atoms with E-state index in [1.54, 1.807) is 12.4 Å². The van der Waals surface area contributed by atoms with Crippen molar-refractivity contribution in [2.75, 3.05) is 6.61 Å². The summed E-state index contributed by atoms with van der Waals surface area (Å²) in [5, 5.41) is 10.7. The van der Waals surface area contributed by atoms with Gasteiger partial charge in [-0.05, 0) is 62.3 Å². The van der Waals surface area contributed by atoms with Crippen LogP contribution >= 0.6 is 0 Å². The van der Waals surface area contributed by atoms with Gasteiger partial charge in [0.2, 0.25) is 0 Å². The Morgan fingerprint density at radius 1 is 1.35 bits per heavy atom. The second-order valence-electron chi connectivity index (χ2n) is 5.79. The van der Waals surface area contributed by atoms with Gasteiger partial charge in [0.15, 0.2) is 0 Å². The van der Waals surface area contributed by atoms with Gasteiger partial charge in [-0.2, -0.15) is 0 Å². The van der Waals surface area contributed by atoms with Crippen LogP contribution in [0.1, 0.15) is 52.4 Å². The summed E-state index contributed by atoms with van der Waals surface area (Å²) in [5.41, 5.74) is 1.80. The van der Waals surface area contributed by atoms with Gasteiger partial charge in [-0.25, -0.2) is 0 Å². The zero-order chi connectivity index (χ0) is 14.4. The Bertz CT molecular complexity index is 451. The molecule has 1 atom stereocenters. The van der Waals surface area contributed by atoms with E-state index < -0.39 is 5.60 Å². The number of hydrogen-bond acceptors (Lipinski definition) is 3. The van der Waals surface area contributed by atoms with Crippen molar-refractivity contribution in [3.8, 4) is 5.75 Å². The molecule has 1 heterocycles. The molecule has 1 N–H and O–H groups in total. The van der Waals surface area contributed by atoms with Gasteiger partial charge in [0.1, 0.15) is 12.4 Å². The van der Waals surface area contributed by atoms with Crippen molar-refractivity contribution < 1.29 is 9.84 Å². The molecule has 0 aromatic carbocycles. The maximum Gasteiger partial charge on any atom is 0.138 e. The van der Waals surface area contributed by atoms with E-state index in [1.807, 2.05) is 19.1 Å². The minimum absolute atomic E-state index is 0.570. The van der Waals surface area contributed by atoms with Crippen LogP contribution in [0.2, 0.25) is 0 Å². The highest BCUT2D eigenvalue weighted by atomic mass is 16.5. The van der Waals surface area contributed by atoms with Gasteiger partial charge >= 0.3 is 0 Å². The lowest BCUT2D eigenvalue weighted by atomic mass is 9.80. The van der Waals surface area contributed by atoms with Gasteiger partial charge in [-0.1, -0.05) is 13.3 Å². The maximum atomic E-state index is 10.7. The number of pyridine rings is 1. The number of rotatable bonds is 6. The maximum absolute atomic E-state index is 10.7. The number of nitrogens with zero attached hydrogens (tertiary/aromatic N) is 1. The first kappa shape index (κ1) is 15.0. The van der Waals surface area contributed by atoms with E-state index >= 15 is 0 Å². The third-order valence-corrected chi connectivity index (χ3v) is 4.02. The van der Waals surface area contributed by atoms with Crippen LogP contribution in [-0.2, 0) is 0 Å². The fraction of sp³-hybridized carbons (Fsp3) is 0.588. The fourth-order valence-electron chi connectivity index (χ4n) is 3.02. The van der Waals surface area contributed by atoms with Gasteiger partial charge in [0.05, 0.1) is 11.8 Å². The molecule has 0 bridgehead atoms. The first-order chi connectivity index (χ1) is 9.63. The quantitative estimate of drug-likeness (QED) is 0.801. The largest absolute Gasteiger partial charge is 0.488 e. The predicted molar refractivity (Wildman–Crippen MR) is 80.8 cm³/mol. The predicted octanol–water partition coefficient (Wildman–Crippen LogP) is 3.88. The molecule has 1 aliphatic carbocycles. The van der Waals surface area contributed by atoms with Crippen molar-refractivity contribution in [3.63, 3.8) is 0 Å². The Morgan fingerprint density at radius 3 is 2.85 bits per heavy atom. The van der Waals surface area contributed by atoms with Crippen molar-refractivity contribution >= 4 is 0 Å². The lowest BCUT2D eigenvalue weighted by Gasteiger charge is -2.32. The molecule has 0 aliphatic heterocycles. The fourth-order valence-corrected chi connectivity index (χ4v) is 3.02. The third kappa shape index (κ3) is 3.83. The van der Waals surface area contributed by atoms with Crippen molar-refractivity contribution in [2.45, 2.75) is 58.0 Å². The summed E-state index contributed by atoms with van der Waals surface area (Å²) in [6, 6.07) is 3.79. The Morgan fingerprint density at radius 2 is 2.15 bits per heavy atom. The molecule has 1 unspecified atom stereocenters. The van der Waals surface area contributed by atoms with Crippen molar-refractivity contribution in [1.29, 1.82) is 0 Å². The van der Waals surface area contributed by atoms with Crippen LogP contribution in [-0.4, -0.2) is 22.3 Å². The molecule has 1 aromatic rings. The number of hydrogen-bond donors (Lipinski definition) is 1. The van der Waals surface area contributed by atoms with Crippen LogP contribution < -0.4 is 4.74 Å².